The summed E-state index contributed by atoms with van der Waals surface area (Å²) >= 11 is 12.4. The Bertz CT molecular complexity index is 474. The van der Waals surface area contributed by atoms with E-state index in [4.69, 9.17) is 23.2 Å². The molecule has 0 radical (unpaired) electrons. The molecule has 0 amide bonds. The van der Waals surface area contributed by atoms with E-state index in [-0.39, 0.29) is 0 Å². The van der Waals surface area contributed by atoms with E-state index in [1.807, 2.05) is 6.07 Å². The molecule has 104 valence electrons. The van der Waals surface area contributed by atoms with Crippen LogP contribution in [-0.4, -0.2) is 29.9 Å². The Morgan fingerprint density at radius 3 is 2.79 bits per heavy atom. The number of hydrogen-bond donors (Lipinski definition) is 0. The summed E-state index contributed by atoms with van der Waals surface area (Å²) in [5.74, 6) is 1.93. The first-order valence-electron chi connectivity index (χ1n) is 7.15. The smallest absolute Gasteiger partial charge is 0.0435 e. The third-order valence-electron chi connectivity index (χ3n) is 5.22. The fraction of sp³-hybridized carbons (Fsp3) is 0.625. The number of benzene rings is 1. The minimum atomic E-state index is 0.575. The molecule has 0 N–H and O–H groups in total. The summed E-state index contributed by atoms with van der Waals surface area (Å²) in [5, 5.41) is 0.863. The molecule has 2 bridgehead atoms. The Morgan fingerprint density at radius 2 is 2.11 bits per heavy atom. The van der Waals surface area contributed by atoms with Crippen molar-refractivity contribution in [1.82, 2.24) is 4.90 Å². The molecular weight excluding hydrogens is 277 g/mol. The van der Waals surface area contributed by atoms with Gasteiger partial charge in [0.25, 0.3) is 0 Å². The molecule has 3 rings (SSSR count). The lowest BCUT2D eigenvalue weighted by molar-refractivity contribution is 0.111. The highest BCUT2D eigenvalue weighted by Crippen LogP contribution is 2.46. The Balaban J connectivity index is 1.93. The number of rotatable bonds is 2. The Hall–Kier alpha value is -0.240. The van der Waals surface area contributed by atoms with Crippen LogP contribution in [0.1, 0.15) is 36.3 Å². The molecule has 1 aromatic rings. The summed E-state index contributed by atoms with van der Waals surface area (Å²) in [6.07, 6.45) is 3.88. The summed E-state index contributed by atoms with van der Waals surface area (Å²) in [6, 6.07) is 7.90. The monoisotopic (exact) mass is 297 g/mol. The maximum Gasteiger partial charge on any atom is 0.0435 e. The summed E-state index contributed by atoms with van der Waals surface area (Å²) in [6.45, 7) is 2.09. The summed E-state index contributed by atoms with van der Waals surface area (Å²) in [4.78, 5) is 2.56. The van der Waals surface area contributed by atoms with E-state index >= 15 is 0 Å². The minimum absolute atomic E-state index is 0.575. The molecule has 0 unspecified atom stereocenters. The van der Waals surface area contributed by atoms with Crippen LogP contribution < -0.4 is 0 Å². The van der Waals surface area contributed by atoms with E-state index in [9.17, 15) is 0 Å². The number of aryl methyl sites for hydroxylation is 1. The van der Waals surface area contributed by atoms with Crippen molar-refractivity contribution in [3.05, 3.63) is 34.3 Å². The van der Waals surface area contributed by atoms with Gasteiger partial charge in [0.15, 0.2) is 0 Å². The van der Waals surface area contributed by atoms with Crippen molar-refractivity contribution in [2.45, 2.75) is 44.2 Å². The van der Waals surface area contributed by atoms with Crippen LogP contribution in [0.2, 0.25) is 5.02 Å². The van der Waals surface area contributed by atoms with Crippen LogP contribution in [0.25, 0.3) is 0 Å². The second kappa shape index (κ2) is 5.27. The van der Waals surface area contributed by atoms with E-state index in [2.05, 4.69) is 31.0 Å². The number of nitrogens with zero attached hydrogens (tertiary/aromatic N) is 1. The molecule has 19 heavy (non-hydrogen) atoms. The van der Waals surface area contributed by atoms with Crippen molar-refractivity contribution in [3.8, 4) is 0 Å². The van der Waals surface area contributed by atoms with Gasteiger partial charge >= 0.3 is 0 Å². The third-order valence-corrected chi connectivity index (χ3v) is 6.00. The first-order chi connectivity index (χ1) is 9.11. The highest BCUT2D eigenvalue weighted by molar-refractivity contribution is 6.31. The quantitative estimate of drug-likeness (QED) is 0.729. The first kappa shape index (κ1) is 13.7. The summed E-state index contributed by atoms with van der Waals surface area (Å²) in [7, 11) is 2.27. The lowest BCUT2D eigenvalue weighted by atomic mass is 9.77. The van der Waals surface area contributed by atoms with Gasteiger partial charge in [0, 0.05) is 23.0 Å². The number of fused-ring (bicyclic) bond motifs is 2. The van der Waals surface area contributed by atoms with Gasteiger partial charge in [0.1, 0.15) is 0 Å². The van der Waals surface area contributed by atoms with Crippen LogP contribution in [0.4, 0.5) is 0 Å². The molecule has 2 heterocycles. The van der Waals surface area contributed by atoms with Crippen LogP contribution in [0.5, 0.6) is 0 Å². The highest BCUT2D eigenvalue weighted by Gasteiger charge is 2.45. The standard InChI is InChI=1S/C16H21Cl2N/c1-10-7-11(3-5-15(10)18)13-8-12-4-6-16(19(12)2)14(13)9-17/h3,5,7,12-14,16H,4,6,8-9H2,1-2H3/t12-,13+,14-,16+/m0/s1. The predicted molar refractivity (Wildman–Crippen MR) is 82.3 cm³/mol. The van der Waals surface area contributed by atoms with Crippen LogP contribution in [0.3, 0.4) is 0 Å². The van der Waals surface area contributed by atoms with Gasteiger partial charge in [-0.3, -0.25) is 0 Å². The first-order valence-corrected chi connectivity index (χ1v) is 8.07. The van der Waals surface area contributed by atoms with Crippen molar-refractivity contribution in [2.75, 3.05) is 12.9 Å². The average molecular weight is 298 g/mol. The van der Waals surface area contributed by atoms with Gasteiger partial charge in [-0.05, 0) is 62.3 Å². The molecule has 2 fully saturated rings. The lowest BCUT2D eigenvalue weighted by Gasteiger charge is -2.42. The van der Waals surface area contributed by atoms with Gasteiger partial charge < -0.3 is 4.90 Å². The normalized spacial score (nSPS) is 34.7. The molecule has 2 saturated heterocycles. The Morgan fingerprint density at radius 1 is 1.32 bits per heavy atom. The third kappa shape index (κ3) is 2.30. The van der Waals surface area contributed by atoms with Gasteiger partial charge in [0.05, 0.1) is 0 Å². The Kier molecular flexibility index (Phi) is 3.81. The van der Waals surface area contributed by atoms with E-state index in [1.54, 1.807) is 0 Å². The molecule has 3 heteroatoms. The summed E-state index contributed by atoms with van der Waals surface area (Å²) in [5.41, 5.74) is 2.61. The molecule has 1 nitrogen and oxygen atoms in total. The van der Waals surface area contributed by atoms with Crippen molar-refractivity contribution < 1.29 is 0 Å². The highest BCUT2D eigenvalue weighted by atomic mass is 35.5. The molecule has 4 atom stereocenters. The predicted octanol–water partition coefficient (Wildman–Crippen LogP) is 4.45. The van der Waals surface area contributed by atoms with E-state index in [0.29, 0.717) is 17.9 Å². The van der Waals surface area contributed by atoms with Crippen LogP contribution in [0, 0.1) is 12.8 Å². The fourth-order valence-corrected chi connectivity index (χ4v) is 4.61. The zero-order valence-electron chi connectivity index (χ0n) is 11.6. The topological polar surface area (TPSA) is 3.24 Å². The van der Waals surface area contributed by atoms with Gasteiger partial charge in [-0.1, -0.05) is 23.7 Å². The number of piperidine rings is 1. The van der Waals surface area contributed by atoms with Crippen LogP contribution in [0.15, 0.2) is 18.2 Å². The minimum Gasteiger partial charge on any atom is -0.300 e. The SMILES string of the molecule is Cc1cc([C@H]2C[C@@H]3CC[C@H]([C@H]2CCl)N3C)ccc1Cl. The summed E-state index contributed by atoms with van der Waals surface area (Å²) < 4.78 is 0. The number of halogens is 2. The maximum atomic E-state index is 6.30. The maximum absolute atomic E-state index is 6.30. The molecule has 0 saturated carbocycles. The van der Waals surface area contributed by atoms with E-state index in [0.717, 1.165) is 16.9 Å². The van der Waals surface area contributed by atoms with Gasteiger partial charge in [-0.25, -0.2) is 0 Å². The second-order valence-corrected chi connectivity index (χ2v) is 6.85. The van der Waals surface area contributed by atoms with Crippen LogP contribution >= 0.6 is 23.2 Å². The number of alkyl halides is 1. The lowest BCUT2D eigenvalue weighted by Crippen LogP contribution is -2.46. The zero-order valence-corrected chi connectivity index (χ0v) is 13.1. The number of hydrogen-bond acceptors (Lipinski definition) is 1. The van der Waals surface area contributed by atoms with Crippen molar-refractivity contribution in [2.24, 2.45) is 5.92 Å². The second-order valence-electron chi connectivity index (χ2n) is 6.13. The average Bonchev–Trinajstić information content (AvgIpc) is 2.65. The molecule has 2 aliphatic rings. The Labute approximate surface area is 125 Å². The van der Waals surface area contributed by atoms with Gasteiger partial charge in [-0.15, -0.1) is 11.6 Å². The van der Waals surface area contributed by atoms with E-state index < -0.39 is 0 Å². The largest absolute Gasteiger partial charge is 0.300 e. The molecule has 2 aliphatic heterocycles. The van der Waals surface area contributed by atoms with Crippen molar-refractivity contribution in [3.63, 3.8) is 0 Å². The van der Waals surface area contributed by atoms with Crippen molar-refractivity contribution >= 4 is 23.2 Å². The van der Waals surface area contributed by atoms with Crippen LogP contribution in [-0.2, 0) is 0 Å². The van der Waals surface area contributed by atoms with E-state index in [1.165, 1.54) is 30.4 Å². The zero-order chi connectivity index (χ0) is 13.6. The molecule has 0 spiro atoms. The van der Waals surface area contributed by atoms with Gasteiger partial charge in [0.2, 0.25) is 0 Å². The van der Waals surface area contributed by atoms with Crippen molar-refractivity contribution in [1.29, 1.82) is 0 Å². The molecule has 1 aromatic carbocycles. The molecular formula is C16H21Cl2N. The fourth-order valence-electron chi connectivity index (χ4n) is 4.07. The molecule has 0 aliphatic carbocycles. The van der Waals surface area contributed by atoms with Gasteiger partial charge in [-0.2, -0.15) is 0 Å². The molecule has 0 aromatic heterocycles.